The first-order chi connectivity index (χ1) is 13.7. The molecule has 8 heteroatoms. The lowest BCUT2D eigenvalue weighted by molar-refractivity contribution is -0.146. The van der Waals surface area contributed by atoms with E-state index in [1.54, 1.807) is 4.68 Å². The molecule has 2 aromatic rings. The molecule has 0 amide bonds. The molecule has 4 rings (SSSR count). The third-order valence-corrected chi connectivity index (χ3v) is 5.27. The van der Waals surface area contributed by atoms with Crippen molar-refractivity contribution in [3.63, 3.8) is 0 Å². The Hall–Kier alpha value is -2.90. The number of fused-ring (bicyclic) bond motifs is 1. The maximum atomic E-state index is 13.2. The third kappa shape index (κ3) is 3.46. The lowest BCUT2D eigenvalue weighted by atomic mass is 9.94. The Balaban J connectivity index is 1.73. The van der Waals surface area contributed by atoms with Gasteiger partial charge >= 0.3 is 5.97 Å². The van der Waals surface area contributed by atoms with E-state index in [-0.39, 0.29) is 12.1 Å². The molecule has 1 aromatic heterocycles. The normalized spacial score (nSPS) is 19.7. The average Bonchev–Trinajstić information content (AvgIpc) is 3.16. The van der Waals surface area contributed by atoms with Crippen LogP contribution in [0.3, 0.4) is 0 Å². The van der Waals surface area contributed by atoms with Crippen molar-refractivity contribution in [3.8, 4) is 5.75 Å². The van der Waals surface area contributed by atoms with Crippen molar-refractivity contribution in [2.75, 3.05) is 11.9 Å². The van der Waals surface area contributed by atoms with Crippen molar-refractivity contribution in [2.24, 2.45) is 0 Å². The highest BCUT2D eigenvalue weighted by molar-refractivity contribution is 5.92. The Morgan fingerprint density at radius 3 is 2.82 bits per heavy atom. The monoisotopic (exact) mass is 383 g/mol. The quantitative estimate of drug-likeness (QED) is 0.793. The van der Waals surface area contributed by atoms with Crippen LogP contribution in [0.4, 0.5) is 5.95 Å². The van der Waals surface area contributed by atoms with Crippen molar-refractivity contribution in [1.82, 2.24) is 20.2 Å². The molecule has 8 nitrogen and oxygen atoms in total. The molecule has 1 fully saturated rings. The van der Waals surface area contributed by atoms with Crippen LogP contribution < -0.4 is 10.1 Å². The fourth-order valence-electron chi connectivity index (χ4n) is 3.96. The summed E-state index contributed by atoms with van der Waals surface area (Å²) in [5.74, 6) is 0.867. The average molecular weight is 383 g/mol. The maximum Gasteiger partial charge on any atom is 0.338 e. The first kappa shape index (κ1) is 18.5. The molecule has 1 aliphatic carbocycles. The van der Waals surface area contributed by atoms with Gasteiger partial charge in [-0.2, -0.15) is 4.68 Å². The van der Waals surface area contributed by atoms with E-state index in [9.17, 15) is 4.79 Å². The molecular weight excluding hydrogens is 358 g/mol. The summed E-state index contributed by atoms with van der Waals surface area (Å²) in [5.41, 5.74) is 2.03. The zero-order valence-corrected chi connectivity index (χ0v) is 16.2. The smallest absolute Gasteiger partial charge is 0.338 e. The predicted molar refractivity (Wildman–Crippen MR) is 103 cm³/mol. The second-order valence-electron chi connectivity index (χ2n) is 7.15. The number of rotatable bonds is 5. The standard InChI is InChI=1S/C20H25N5O3/c1-3-27-16-12-8-7-11-15(16)18-17(13(2)21-20-22-23-24-25(18)20)19(26)28-14-9-5-4-6-10-14/h7-8,11-12,14,18H,3-6,9-10H2,1-2H3,(H,21,22,24)/t18-/m0/s1. The number of esters is 1. The van der Waals surface area contributed by atoms with E-state index in [2.05, 4.69) is 20.8 Å². The number of anilines is 1. The lowest BCUT2D eigenvalue weighted by Crippen LogP contribution is -2.32. The molecule has 1 aromatic carbocycles. The van der Waals surface area contributed by atoms with Gasteiger partial charge in [0, 0.05) is 11.3 Å². The number of allylic oxidation sites excluding steroid dienone is 1. The Morgan fingerprint density at radius 2 is 2.04 bits per heavy atom. The Kier molecular flexibility index (Phi) is 5.27. The number of benzene rings is 1. The second-order valence-corrected chi connectivity index (χ2v) is 7.15. The molecule has 2 aliphatic rings. The topological polar surface area (TPSA) is 91.2 Å². The minimum Gasteiger partial charge on any atom is -0.494 e. The fourth-order valence-corrected chi connectivity index (χ4v) is 3.96. The van der Waals surface area contributed by atoms with Gasteiger partial charge in [-0.15, -0.1) is 0 Å². The number of ether oxygens (including phenoxy) is 2. The van der Waals surface area contributed by atoms with Crippen LogP contribution >= 0.6 is 0 Å². The van der Waals surface area contributed by atoms with Crippen molar-refractivity contribution >= 4 is 11.9 Å². The number of carbonyl (C=O) groups excluding carboxylic acids is 1. The van der Waals surface area contributed by atoms with Crippen LogP contribution in [0.2, 0.25) is 0 Å². The van der Waals surface area contributed by atoms with E-state index in [1.165, 1.54) is 6.42 Å². The van der Waals surface area contributed by atoms with Gasteiger partial charge in [-0.05, 0) is 56.0 Å². The van der Waals surface area contributed by atoms with Crippen molar-refractivity contribution in [1.29, 1.82) is 0 Å². The summed E-state index contributed by atoms with van der Waals surface area (Å²) < 4.78 is 13.3. The van der Waals surface area contributed by atoms with Crippen molar-refractivity contribution in [2.45, 2.75) is 58.1 Å². The highest BCUT2D eigenvalue weighted by atomic mass is 16.5. The summed E-state index contributed by atoms with van der Waals surface area (Å²) in [6, 6.07) is 7.15. The molecule has 28 heavy (non-hydrogen) atoms. The summed E-state index contributed by atoms with van der Waals surface area (Å²) in [6.07, 6.45) is 5.21. The molecule has 148 valence electrons. The number of carbonyl (C=O) groups is 1. The summed E-state index contributed by atoms with van der Waals surface area (Å²) in [4.78, 5) is 13.2. The molecule has 0 spiro atoms. The molecule has 0 saturated heterocycles. The number of nitrogens with one attached hydrogen (secondary N) is 1. The first-order valence-electron chi connectivity index (χ1n) is 9.87. The van der Waals surface area contributed by atoms with E-state index in [1.807, 2.05) is 38.1 Å². The number of aromatic nitrogens is 4. The summed E-state index contributed by atoms with van der Waals surface area (Å²) in [5, 5.41) is 15.1. The SMILES string of the molecule is CCOc1ccccc1[C@H]1C(C(=O)OC2CCCCC2)=C(C)Nc2nnnn21. The van der Waals surface area contributed by atoms with Gasteiger partial charge in [0.15, 0.2) is 0 Å². The molecule has 1 saturated carbocycles. The van der Waals surface area contributed by atoms with Crippen LogP contribution in [0.5, 0.6) is 5.75 Å². The number of tetrazole rings is 1. The summed E-state index contributed by atoms with van der Waals surface area (Å²) >= 11 is 0. The van der Waals surface area contributed by atoms with Gasteiger partial charge in [-0.25, -0.2) is 4.79 Å². The van der Waals surface area contributed by atoms with Crippen molar-refractivity contribution < 1.29 is 14.3 Å². The van der Waals surface area contributed by atoms with Crippen LogP contribution in [0.15, 0.2) is 35.5 Å². The van der Waals surface area contributed by atoms with E-state index in [4.69, 9.17) is 9.47 Å². The van der Waals surface area contributed by atoms with E-state index >= 15 is 0 Å². The maximum absolute atomic E-state index is 13.2. The molecule has 1 atom stereocenters. The largest absolute Gasteiger partial charge is 0.494 e. The molecule has 1 N–H and O–H groups in total. The number of para-hydroxylation sites is 1. The Bertz CT molecular complexity index is 885. The van der Waals surface area contributed by atoms with Crippen LogP contribution in [0.1, 0.15) is 57.6 Å². The molecule has 1 aliphatic heterocycles. The Labute approximate surface area is 163 Å². The highest BCUT2D eigenvalue weighted by Crippen LogP contribution is 2.39. The van der Waals surface area contributed by atoms with E-state index in [0.29, 0.717) is 29.6 Å². The number of hydrogen-bond donors (Lipinski definition) is 1. The molecule has 2 heterocycles. The molecule has 0 bridgehead atoms. The van der Waals surface area contributed by atoms with Gasteiger partial charge in [0.25, 0.3) is 0 Å². The van der Waals surface area contributed by atoms with E-state index < -0.39 is 6.04 Å². The zero-order chi connectivity index (χ0) is 19.5. The van der Waals surface area contributed by atoms with Gasteiger partial charge in [-0.3, -0.25) is 0 Å². The summed E-state index contributed by atoms with van der Waals surface area (Å²) in [6.45, 7) is 4.31. The van der Waals surface area contributed by atoms with Gasteiger partial charge in [0.05, 0.1) is 12.2 Å². The molecule has 0 unspecified atom stereocenters. The third-order valence-electron chi connectivity index (χ3n) is 5.27. The van der Waals surface area contributed by atoms with Gasteiger partial charge < -0.3 is 14.8 Å². The Morgan fingerprint density at radius 1 is 1.25 bits per heavy atom. The lowest BCUT2D eigenvalue weighted by Gasteiger charge is -2.30. The van der Waals surface area contributed by atoms with Gasteiger partial charge in [0.1, 0.15) is 17.9 Å². The number of hydrogen-bond acceptors (Lipinski definition) is 7. The second kappa shape index (κ2) is 8.00. The van der Waals surface area contributed by atoms with Crippen molar-refractivity contribution in [3.05, 3.63) is 41.1 Å². The zero-order valence-electron chi connectivity index (χ0n) is 16.2. The van der Waals surface area contributed by atoms with Gasteiger partial charge in [0.2, 0.25) is 5.95 Å². The van der Waals surface area contributed by atoms with E-state index in [0.717, 1.165) is 31.2 Å². The predicted octanol–water partition coefficient (Wildman–Crippen LogP) is 3.24. The highest BCUT2D eigenvalue weighted by Gasteiger charge is 2.37. The first-order valence-corrected chi connectivity index (χ1v) is 9.87. The van der Waals surface area contributed by atoms with Crippen LogP contribution in [-0.4, -0.2) is 38.9 Å². The summed E-state index contributed by atoms with van der Waals surface area (Å²) in [7, 11) is 0. The minimum absolute atomic E-state index is 0.0281. The molecule has 0 radical (unpaired) electrons. The van der Waals surface area contributed by atoms with Crippen LogP contribution in [0, 0.1) is 0 Å². The number of nitrogens with zero attached hydrogens (tertiary/aromatic N) is 4. The van der Waals surface area contributed by atoms with Crippen LogP contribution in [-0.2, 0) is 9.53 Å². The fraction of sp³-hybridized carbons (Fsp3) is 0.500. The van der Waals surface area contributed by atoms with Crippen LogP contribution in [0.25, 0.3) is 0 Å². The molecular formula is C20H25N5O3. The minimum atomic E-state index is -0.509. The van der Waals surface area contributed by atoms with Gasteiger partial charge in [-0.1, -0.05) is 29.7 Å².